The van der Waals surface area contributed by atoms with Crippen molar-refractivity contribution in [3.8, 4) is 5.75 Å². The van der Waals surface area contributed by atoms with Gasteiger partial charge in [-0.3, -0.25) is 24.6 Å². The second-order valence-electron chi connectivity index (χ2n) is 9.18. The van der Waals surface area contributed by atoms with Crippen LogP contribution in [0.1, 0.15) is 41.9 Å². The molecule has 0 aliphatic heterocycles. The first-order chi connectivity index (χ1) is 16.3. The summed E-state index contributed by atoms with van der Waals surface area (Å²) in [4.78, 5) is 24.3. The zero-order valence-corrected chi connectivity index (χ0v) is 20.2. The van der Waals surface area contributed by atoms with Crippen LogP contribution in [0.2, 0.25) is 0 Å². The van der Waals surface area contributed by atoms with Crippen LogP contribution in [0, 0.1) is 12.8 Å². The SMILES string of the molecule is Cc1cc(CN(CC(=O)O)Cc2ccccn2)c(O)c(CN(Cc2ccccn2)CC(C)C)c1. The van der Waals surface area contributed by atoms with Crippen LogP contribution in [0.15, 0.2) is 60.9 Å². The molecular weight excluding hydrogens is 428 g/mol. The van der Waals surface area contributed by atoms with Gasteiger partial charge in [0, 0.05) is 56.2 Å². The minimum absolute atomic E-state index is 0.140. The fourth-order valence-corrected chi connectivity index (χ4v) is 4.16. The molecule has 0 radical (unpaired) electrons. The Morgan fingerprint density at radius 3 is 1.88 bits per heavy atom. The van der Waals surface area contributed by atoms with Gasteiger partial charge in [0.05, 0.1) is 17.9 Å². The largest absolute Gasteiger partial charge is 0.507 e. The summed E-state index contributed by atoms with van der Waals surface area (Å²) < 4.78 is 0. The summed E-state index contributed by atoms with van der Waals surface area (Å²) in [5, 5.41) is 20.6. The molecule has 0 amide bonds. The minimum atomic E-state index is -0.915. The van der Waals surface area contributed by atoms with E-state index in [1.807, 2.05) is 55.5 Å². The number of carboxylic acids is 1. The Labute approximate surface area is 201 Å². The number of phenols is 1. The standard InChI is InChI=1S/C27H34N4O3/c1-20(2)14-30(17-24-8-4-6-10-28-24)15-22-12-21(3)13-23(27(22)34)16-31(19-26(32)33)18-25-9-5-7-11-29-25/h4-13,20,34H,14-19H2,1-3H3,(H,32,33). The number of phenolic OH excluding ortho intramolecular Hbond substituents is 1. The van der Waals surface area contributed by atoms with Crippen molar-refractivity contribution in [2.45, 2.75) is 47.0 Å². The average molecular weight is 463 g/mol. The lowest BCUT2D eigenvalue weighted by Crippen LogP contribution is -2.30. The van der Waals surface area contributed by atoms with E-state index in [0.717, 1.165) is 34.6 Å². The topological polar surface area (TPSA) is 89.8 Å². The van der Waals surface area contributed by atoms with Gasteiger partial charge in [-0.15, -0.1) is 0 Å². The van der Waals surface area contributed by atoms with Crippen molar-refractivity contribution < 1.29 is 15.0 Å². The van der Waals surface area contributed by atoms with Crippen LogP contribution in [0.5, 0.6) is 5.75 Å². The first-order valence-corrected chi connectivity index (χ1v) is 11.6. The van der Waals surface area contributed by atoms with E-state index in [0.29, 0.717) is 32.1 Å². The average Bonchev–Trinajstić information content (AvgIpc) is 2.77. The highest BCUT2D eigenvalue weighted by molar-refractivity contribution is 5.69. The van der Waals surface area contributed by atoms with E-state index >= 15 is 0 Å². The maximum atomic E-state index is 11.5. The second kappa shape index (κ2) is 12.3. The molecule has 3 rings (SSSR count). The number of carboxylic acid groups (broad SMARTS) is 1. The molecule has 2 N–H and O–H groups in total. The van der Waals surface area contributed by atoms with Gasteiger partial charge in [-0.1, -0.05) is 43.7 Å². The molecular formula is C27H34N4O3. The van der Waals surface area contributed by atoms with Crippen molar-refractivity contribution in [1.82, 2.24) is 19.8 Å². The molecule has 0 saturated heterocycles. The van der Waals surface area contributed by atoms with E-state index in [1.54, 1.807) is 17.3 Å². The first-order valence-electron chi connectivity index (χ1n) is 11.6. The van der Waals surface area contributed by atoms with E-state index in [4.69, 9.17) is 0 Å². The Balaban J connectivity index is 1.83. The highest BCUT2D eigenvalue weighted by Gasteiger charge is 2.18. The summed E-state index contributed by atoms with van der Waals surface area (Å²) in [6.07, 6.45) is 3.49. The number of hydrogen-bond donors (Lipinski definition) is 2. The lowest BCUT2D eigenvalue weighted by atomic mass is 10.0. The maximum Gasteiger partial charge on any atom is 0.317 e. The number of hydrogen-bond acceptors (Lipinski definition) is 6. The van der Waals surface area contributed by atoms with Gasteiger partial charge in [-0.05, 0) is 37.1 Å². The fourth-order valence-electron chi connectivity index (χ4n) is 4.16. The van der Waals surface area contributed by atoms with E-state index in [9.17, 15) is 15.0 Å². The Hall–Kier alpha value is -3.29. The van der Waals surface area contributed by atoms with Crippen LogP contribution in [-0.2, 0) is 31.0 Å². The molecule has 0 bridgehead atoms. The monoisotopic (exact) mass is 462 g/mol. The lowest BCUT2D eigenvalue weighted by molar-refractivity contribution is -0.138. The van der Waals surface area contributed by atoms with E-state index in [1.165, 1.54) is 0 Å². The van der Waals surface area contributed by atoms with Crippen LogP contribution in [-0.4, -0.2) is 49.0 Å². The van der Waals surface area contributed by atoms with Gasteiger partial charge in [-0.25, -0.2) is 0 Å². The zero-order chi connectivity index (χ0) is 24.5. The lowest BCUT2D eigenvalue weighted by Gasteiger charge is -2.26. The number of pyridine rings is 2. The normalized spacial score (nSPS) is 11.5. The number of carbonyl (C=O) groups is 1. The van der Waals surface area contributed by atoms with Crippen molar-refractivity contribution in [2.75, 3.05) is 13.1 Å². The Morgan fingerprint density at radius 2 is 1.41 bits per heavy atom. The smallest absolute Gasteiger partial charge is 0.317 e. The molecule has 0 unspecified atom stereocenters. The van der Waals surface area contributed by atoms with Crippen LogP contribution < -0.4 is 0 Å². The Morgan fingerprint density at radius 1 is 0.882 bits per heavy atom. The molecule has 34 heavy (non-hydrogen) atoms. The van der Waals surface area contributed by atoms with Gasteiger partial charge in [0.1, 0.15) is 5.75 Å². The fraction of sp³-hybridized carbons (Fsp3) is 0.370. The van der Waals surface area contributed by atoms with Crippen molar-refractivity contribution in [2.24, 2.45) is 5.92 Å². The maximum absolute atomic E-state index is 11.5. The molecule has 0 spiro atoms. The third kappa shape index (κ3) is 7.93. The minimum Gasteiger partial charge on any atom is -0.507 e. The highest BCUT2D eigenvalue weighted by atomic mass is 16.4. The zero-order valence-electron chi connectivity index (χ0n) is 20.2. The quantitative estimate of drug-likeness (QED) is 0.416. The molecule has 7 heteroatoms. The van der Waals surface area contributed by atoms with E-state index < -0.39 is 5.97 Å². The number of nitrogens with zero attached hydrogens (tertiary/aromatic N) is 4. The van der Waals surface area contributed by atoms with E-state index in [2.05, 4.69) is 28.7 Å². The van der Waals surface area contributed by atoms with Crippen molar-refractivity contribution in [1.29, 1.82) is 0 Å². The number of rotatable bonds is 12. The molecule has 0 fully saturated rings. The van der Waals surface area contributed by atoms with Gasteiger partial charge in [-0.2, -0.15) is 0 Å². The number of aryl methyl sites for hydroxylation is 1. The molecule has 0 saturated carbocycles. The molecule has 7 nitrogen and oxygen atoms in total. The van der Waals surface area contributed by atoms with Gasteiger partial charge in [0.2, 0.25) is 0 Å². The number of aromatic hydroxyl groups is 1. The predicted molar refractivity (Wildman–Crippen MR) is 132 cm³/mol. The van der Waals surface area contributed by atoms with Crippen LogP contribution in [0.25, 0.3) is 0 Å². The van der Waals surface area contributed by atoms with Crippen molar-refractivity contribution >= 4 is 5.97 Å². The summed E-state index contributed by atoms with van der Waals surface area (Å²) in [5.41, 5.74) is 4.35. The van der Waals surface area contributed by atoms with Gasteiger partial charge < -0.3 is 10.2 Å². The second-order valence-corrected chi connectivity index (χ2v) is 9.18. The molecule has 2 aromatic heterocycles. The van der Waals surface area contributed by atoms with Crippen LogP contribution >= 0.6 is 0 Å². The highest BCUT2D eigenvalue weighted by Crippen LogP contribution is 2.28. The summed E-state index contributed by atoms with van der Waals surface area (Å²) >= 11 is 0. The molecule has 0 aliphatic carbocycles. The predicted octanol–water partition coefficient (Wildman–Crippen LogP) is 4.24. The summed E-state index contributed by atoms with van der Waals surface area (Å²) in [6.45, 7) is 9.04. The first kappa shape index (κ1) is 25.3. The molecule has 0 aliphatic rings. The van der Waals surface area contributed by atoms with Crippen LogP contribution in [0.4, 0.5) is 0 Å². The van der Waals surface area contributed by atoms with Crippen molar-refractivity contribution in [3.05, 3.63) is 89.0 Å². The third-order valence-electron chi connectivity index (χ3n) is 5.41. The Kier molecular flexibility index (Phi) is 9.13. The molecule has 180 valence electrons. The summed E-state index contributed by atoms with van der Waals surface area (Å²) in [7, 11) is 0. The number of aromatic nitrogens is 2. The van der Waals surface area contributed by atoms with Crippen LogP contribution in [0.3, 0.4) is 0 Å². The summed E-state index contributed by atoms with van der Waals surface area (Å²) in [6, 6.07) is 15.4. The van der Waals surface area contributed by atoms with E-state index in [-0.39, 0.29) is 12.3 Å². The van der Waals surface area contributed by atoms with Gasteiger partial charge >= 0.3 is 5.97 Å². The van der Waals surface area contributed by atoms with Crippen molar-refractivity contribution in [3.63, 3.8) is 0 Å². The molecule has 0 atom stereocenters. The molecule has 3 aromatic rings. The Bertz CT molecular complexity index is 1060. The molecule has 2 heterocycles. The number of aliphatic carboxylic acids is 1. The molecule has 1 aromatic carbocycles. The van der Waals surface area contributed by atoms with Gasteiger partial charge in [0.15, 0.2) is 0 Å². The number of benzene rings is 1. The third-order valence-corrected chi connectivity index (χ3v) is 5.41. The summed E-state index contributed by atoms with van der Waals surface area (Å²) in [5.74, 6) is -0.238. The van der Waals surface area contributed by atoms with Gasteiger partial charge in [0.25, 0.3) is 0 Å².